The van der Waals surface area contributed by atoms with E-state index in [0.717, 1.165) is 24.0 Å². The van der Waals surface area contributed by atoms with Crippen LogP contribution in [0.5, 0.6) is 0 Å². The highest BCUT2D eigenvalue weighted by Gasteiger charge is 2.43. The van der Waals surface area contributed by atoms with Gasteiger partial charge in [0, 0.05) is 36.4 Å². The molecule has 25 heavy (non-hydrogen) atoms. The third-order valence-electron chi connectivity index (χ3n) is 5.12. The van der Waals surface area contributed by atoms with Gasteiger partial charge in [0.2, 0.25) is 5.91 Å². The second-order valence-corrected chi connectivity index (χ2v) is 7.57. The largest absolute Gasteiger partial charge is 0.396 e. The number of aliphatic hydroxyl groups is 1. The summed E-state index contributed by atoms with van der Waals surface area (Å²) in [7, 11) is 1.83. The summed E-state index contributed by atoms with van der Waals surface area (Å²) >= 11 is 6.17. The maximum absolute atomic E-state index is 12.8. The Labute approximate surface area is 154 Å². The summed E-state index contributed by atoms with van der Waals surface area (Å²) in [6, 6.07) is 17.8. The molecule has 0 aromatic heterocycles. The molecule has 0 aliphatic heterocycles. The van der Waals surface area contributed by atoms with Crippen LogP contribution in [0.1, 0.15) is 36.3 Å². The quantitative estimate of drug-likeness (QED) is 0.810. The molecule has 0 radical (unpaired) electrons. The van der Waals surface area contributed by atoms with Gasteiger partial charge in [-0.15, -0.1) is 0 Å². The Balaban J connectivity index is 1.79. The number of carbonyl (C=O) groups is 1. The van der Waals surface area contributed by atoms with Crippen molar-refractivity contribution < 1.29 is 9.90 Å². The minimum Gasteiger partial charge on any atom is -0.396 e. The van der Waals surface area contributed by atoms with Crippen molar-refractivity contribution in [3.8, 4) is 0 Å². The summed E-state index contributed by atoms with van der Waals surface area (Å²) in [6.45, 7) is 0.778. The van der Waals surface area contributed by atoms with Gasteiger partial charge >= 0.3 is 0 Å². The molecule has 0 saturated heterocycles. The van der Waals surface area contributed by atoms with Gasteiger partial charge in [-0.05, 0) is 36.1 Å². The van der Waals surface area contributed by atoms with Gasteiger partial charge in [0.1, 0.15) is 0 Å². The number of nitrogens with zero attached hydrogens (tertiary/aromatic N) is 1. The first kappa shape index (κ1) is 18.0. The Morgan fingerprint density at radius 1 is 1.16 bits per heavy atom. The van der Waals surface area contributed by atoms with Gasteiger partial charge in [0.05, 0.1) is 6.61 Å². The molecule has 1 aliphatic rings. The van der Waals surface area contributed by atoms with E-state index in [1.54, 1.807) is 4.90 Å². The second-order valence-electron chi connectivity index (χ2n) is 7.13. The summed E-state index contributed by atoms with van der Waals surface area (Å²) < 4.78 is 0. The first-order valence-electron chi connectivity index (χ1n) is 8.68. The highest BCUT2D eigenvalue weighted by atomic mass is 35.5. The molecule has 1 atom stereocenters. The molecule has 0 bridgehead atoms. The number of benzene rings is 2. The van der Waals surface area contributed by atoms with Gasteiger partial charge in [-0.3, -0.25) is 4.79 Å². The van der Waals surface area contributed by atoms with E-state index < -0.39 is 0 Å². The molecule has 0 spiro atoms. The molecular formula is C21H24ClNO2. The molecule has 1 fully saturated rings. The average Bonchev–Trinajstić information content (AvgIpc) is 3.40. The van der Waals surface area contributed by atoms with Crippen LogP contribution < -0.4 is 0 Å². The fourth-order valence-corrected chi connectivity index (χ4v) is 3.50. The van der Waals surface area contributed by atoms with Gasteiger partial charge in [0.15, 0.2) is 0 Å². The van der Waals surface area contributed by atoms with Gasteiger partial charge in [-0.1, -0.05) is 54.1 Å². The Bertz CT molecular complexity index is 728. The zero-order valence-corrected chi connectivity index (χ0v) is 15.2. The maximum atomic E-state index is 12.8. The molecule has 4 heteroatoms. The summed E-state index contributed by atoms with van der Waals surface area (Å²) in [5.41, 5.74) is 2.08. The molecule has 132 valence electrons. The first-order chi connectivity index (χ1) is 12.0. The topological polar surface area (TPSA) is 40.5 Å². The third kappa shape index (κ3) is 4.42. The number of hydrogen-bond donors (Lipinski definition) is 1. The number of hydrogen-bond acceptors (Lipinski definition) is 2. The van der Waals surface area contributed by atoms with Crippen LogP contribution in [-0.4, -0.2) is 36.1 Å². The summed E-state index contributed by atoms with van der Waals surface area (Å²) in [4.78, 5) is 14.6. The Morgan fingerprint density at radius 3 is 2.44 bits per heavy atom. The number of amides is 1. The number of aliphatic hydroxyl groups excluding tert-OH is 1. The van der Waals surface area contributed by atoms with Gasteiger partial charge in [0.25, 0.3) is 0 Å². The lowest BCUT2D eigenvalue weighted by Crippen LogP contribution is -2.34. The number of carbonyl (C=O) groups excluding carboxylic acids is 1. The summed E-state index contributed by atoms with van der Waals surface area (Å²) in [5.74, 6) is 0.0627. The van der Waals surface area contributed by atoms with E-state index in [1.807, 2.05) is 49.5 Å². The molecule has 2 aromatic carbocycles. The molecule has 0 heterocycles. The van der Waals surface area contributed by atoms with E-state index in [9.17, 15) is 9.90 Å². The van der Waals surface area contributed by atoms with Crippen molar-refractivity contribution in [2.75, 3.05) is 20.2 Å². The fourth-order valence-electron chi connectivity index (χ4n) is 3.30. The molecule has 3 nitrogen and oxygen atoms in total. The van der Waals surface area contributed by atoms with Crippen LogP contribution in [-0.2, 0) is 4.79 Å². The molecule has 2 aromatic rings. The van der Waals surface area contributed by atoms with E-state index in [4.69, 9.17) is 11.6 Å². The Kier molecular flexibility index (Phi) is 5.45. The Morgan fingerprint density at radius 2 is 1.84 bits per heavy atom. The van der Waals surface area contributed by atoms with E-state index in [2.05, 4.69) is 12.1 Å². The van der Waals surface area contributed by atoms with E-state index in [1.165, 1.54) is 0 Å². The monoisotopic (exact) mass is 357 g/mol. The molecule has 1 aliphatic carbocycles. The predicted molar refractivity (Wildman–Crippen MR) is 101 cm³/mol. The van der Waals surface area contributed by atoms with Gasteiger partial charge in [-0.25, -0.2) is 0 Å². The molecule has 1 N–H and O–H groups in total. The highest BCUT2D eigenvalue weighted by Crippen LogP contribution is 2.45. The van der Waals surface area contributed by atoms with E-state index >= 15 is 0 Å². The summed E-state index contributed by atoms with van der Waals surface area (Å²) in [5, 5.41) is 10.2. The van der Waals surface area contributed by atoms with Crippen LogP contribution in [0.2, 0.25) is 5.02 Å². The van der Waals surface area contributed by atoms with Crippen molar-refractivity contribution in [3.63, 3.8) is 0 Å². The normalized spacial score (nSPS) is 16.3. The van der Waals surface area contributed by atoms with Crippen LogP contribution >= 0.6 is 11.6 Å². The van der Waals surface area contributed by atoms with Crippen LogP contribution in [0.15, 0.2) is 54.6 Å². The highest BCUT2D eigenvalue weighted by molar-refractivity contribution is 6.30. The predicted octanol–water partition coefficient (Wildman–Crippen LogP) is 4.09. The van der Waals surface area contributed by atoms with Gasteiger partial charge < -0.3 is 10.0 Å². The van der Waals surface area contributed by atoms with Crippen molar-refractivity contribution in [2.24, 2.45) is 5.41 Å². The summed E-state index contributed by atoms with van der Waals surface area (Å²) in [6.07, 6.45) is 2.39. The lowest BCUT2D eigenvalue weighted by molar-refractivity contribution is -0.131. The van der Waals surface area contributed by atoms with Crippen molar-refractivity contribution >= 4 is 17.5 Å². The van der Waals surface area contributed by atoms with E-state index in [0.29, 0.717) is 18.0 Å². The Hall–Kier alpha value is -1.84. The zero-order chi connectivity index (χ0) is 17.9. The van der Waals surface area contributed by atoms with Crippen LogP contribution in [0.4, 0.5) is 0 Å². The van der Waals surface area contributed by atoms with Crippen LogP contribution in [0.25, 0.3) is 0 Å². The molecule has 0 unspecified atom stereocenters. The lowest BCUT2D eigenvalue weighted by Gasteiger charge is -2.25. The maximum Gasteiger partial charge on any atom is 0.223 e. The first-order valence-corrected chi connectivity index (χ1v) is 9.06. The van der Waals surface area contributed by atoms with E-state index in [-0.39, 0.29) is 23.8 Å². The van der Waals surface area contributed by atoms with Crippen molar-refractivity contribution in [3.05, 3.63) is 70.7 Å². The van der Waals surface area contributed by atoms with Crippen molar-refractivity contribution in [1.29, 1.82) is 0 Å². The molecule has 3 rings (SSSR count). The number of halogens is 1. The second kappa shape index (κ2) is 7.59. The van der Waals surface area contributed by atoms with Crippen molar-refractivity contribution in [1.82, 2.24) is 4.90 Å². The van der Waals surface area contributed by atoms with Crippen LogP contribution in [0.3, 0.4) is 0 Å². The minimum absolute atomic E-state index is 0.0286. The van der Waals surface area contributed by atoms with Crippen molar-refractivity contribution in [2.45, 2.75) is 25.2 Å². The zero-order valence-electron chi connectivity index (χ0n) is 14.5. The lowest BCUT2D eigenvalue weighted by atomic mass is 9.88. The minimum atomic E-state index is -0.0668. The molecule has 1 amide bonds. The van der Waals surface area contributed by atoms with Gasteiger partial charge in [-0.2, -0.15) is 0 Å². The molecular weight excluding hydrogens is 334 g/mol. The SMILES string of the molecule is CN(CC1(CO)CC1)C(=O)C[C@H](c1ccccc1)c1cccc(Cl)c1. The molecule has 1 saturated carbocycles. The van der Waals surface area contributed by atoms with Crippen LogP contribution in [0, 0.1) is 5.41 Å². The number of rotatable bonds is 7. The third-order valence-corrected chi connectivity index (χ3v) is 5.36. The average molecular weight is 358 g/mol. The smallest absolute Gasteiger partial charge is 0.223 e. The standard InChI is InChI=1S/C21H24ClNO2/c1-23(14-21(15-24)10-11-21)20(25)13-19(16-6-3-2-4-7-16)17-8-5-9-18(22)12-17/h2-9,12,19,24H,10-11,13-15H2,1H3/t19-/m1/s1. The fraction of sp³-hybridized carbons (Fsp3) is 0.381.